The number of nitrogens with one attached hydrogen (secondary N) is 2. The molecule has 1 rings (SSSR count). The lowest BCUT2D eigenvalue weighted by Gasteiger charge is -2.46. The number of nitrogens with two attached hydrogens (primary N) is 2. The fourth-order valence-electron chi connectivity index (χ4n) is 5.52. The lowest BCUT2D eigenvalue weighted by molar-refractivity contribution is -0.280. The van der Waals surface area contributed by atoms with Crippen molar-refractivity contribution in [3.8, 4) is 0 Å². The van der Waals surface area contributed by atoms with Gasteiger partial charge in [-0.25, -0.2) is 0 Å². The van der Waals surface area contributed by atoms with Gasteiger partial charge in [-0.15, -0.1) is 0 Å². The number of unbranched alkanes of at least 4 members (excludes halogenated alkanes) is 12. The molecule has 10 nitrogen and oxygen atoms in total. The Bertz CT molecular complexity index is 647. The molecule has 1 heterocycles. The molecule has 1 aliphatic heterocycles. The number of aliphatic hydroxyl groups excluding tert-OH is 1. The summed E-state index contributed by atoms with van der Waals surface area (Å²) in [6.45, 7) is 9.58. The summed E-state index contributed by atoms with van der Waals surface area (Å²) in [5.41, 5.74) is 11.8. The number of carbonyl (C=O) groups excluding carboxylic acids is 1. The Hall–Kier alpha value is -0.850. The van der Waals surface area contributed by atoms with Crippen molar-refractivity contribution in [2.45, 2.75) is 148 Å². The van der Waals surface area contributed by atoms with Crippen LogP contribution in [0.25, 0.3) is 0 Å². The summed E-state index contributed by atoms with van der Waals surface area (Å²) in [6, 6.07) is -0.562. The normalized spacial score (nSPS) is 23.0. The number of rotatable bonds is 29. The van der Waals surface area contributed by atoms with Crippen LogP contribution in [-0.4, -0.2) is 94.3 Å². The second kappa shape index (κ2) is 27.5. The third-order valence-electron chi connectivity index (χ3n) is 8.11. The first-order chi connectivity index (χ1) is 21.0. The van der Waals surface area contributed by atoms with Crippen LogP contribution >= 0.6 is 0 Å². The molecule has 0 aromatic rings. The molecule has 0 aromatic carbocycles. The monoisotopic (exact) mass is 617 g/mol. The maximum Gasteiger partial charge on any atom is 0.217 e. The topological polar surface area (TPSA) is 150 Å². The minimum Gasteiger partial charge on any atom is -0.396 e. The van der Waals surface area contributed by atoms with Gasteiger partial charge in [0, 0.05) is 45.8 Å². The molecule has 0 radical (unpaired) electrons. The number of carbonyl (C=O) groups is 1. The first kappa shape index (κ1) is 40.2. The molecule has 0 aromatic heterocycles. The molecule has 10 heteroatoms. The van der Waals surface area contributed by atoms with Crippen molar-refractivity contribution in [3.05, 3.63) is 0 Å². The van der Waals surface area contributed by atoms with E-state index in [2.05, 4.69) is 24.5 Å². The predicted octanol–water partition coefficient (Wildman–Crippen LogP) is 4.01. The molecule has 6 atom stereocenters. The third-order valence-corrected chi connectivity index (χ3v) is 8.11. The lowest BCUT2D eigenvalue weighted by atomic mass is 9.95. The highest BCUT2D eigenvalue weighted by Gasteiger charge is 2.48. The van der Waals surface area contributed by atoms with Crippen LogP contribution in [0.3, 0.4) is 0 Å². The fourth-order valence-corrected chi connectivity index (χ4v) is 5.52. The standard InChI is InChI=1S/C33H68N4O6/c1-4-6-8-10-12-14-16-21-40-31-29(23-35)43-33(42-26-28(25-38)24-36-20-18-19-34)30(37-27(3)39)32(31)41-22-17-15-13-11-9-7-5-2/h28-33,36,38H,4-26,34-35H2,1-3H3,(H,37,39). The van der Waals surface area contributed by atoms with Crippen molar-refractivity contribution in [1.29, 1.82) is 0 Å². The summed E-state index contributed by atoms with van der Waals surface area (Å²) in [4.78, 5) is 12.4. The van der Waals surface area contributed by atoms with Crippen molar-refractivity contribution in [1.82, 2.24) is 10.6 Å². The van der Waals surface area contributed by atoms with Gasteiger partial charge in [-0.2, -0.15) is 0 Å². The molecule has 256 valence electrons. The molecular formula is C33H68N4O6. The molecule has 1 amide bonds. The van der Waals surface area contributed by atoms with Crippen LogP contribution < -0.4 is 22.1 Å². The Kier molecular flexibility index (Phi) is 25.7. The van der Waals surface area contributed by atoms with E-state index in [1.807, 2.05) is 0 Å². The van der Waals surface area contributed by atoms with Crippen LogP contribution in [0.1, 0.15) is 117 Å². The highest BCUT2D eigenvalue weighted by molar-refractivity contribution is 5.73. The van der Waals surface area contributed by atoms with Crippen LogP contribution in [0.5, 0.6) is 0 Å². The van der Waals surface area contributed by atoms with E-state index in [1.54, 1.807) is 0 Å². The van der Waals surface area contributed by atoms with Crippen LogP contribution in [0.15, 0.2) is 0 Å². The van der Waals surface area contributed by atoms with E-state index in [9.17, 15) is 9.90 Å². The summed E-state index contributed by atoms with van der Waals surface area (Å²) in [5.74, 6) is -0.319. The Morgan fingerprint density at radius 2 is 1.37 bits per heavy atom. The van der Waals surface area contributed by atoms with Crippen molar-refractivity contribution >= 4 is 5.91 Å². The number of hydrogen-bond donors (Lipinski definition) is 5. The van der Waals surface area contributed by atoms with Gasteiger partial charge in [-0.1, -0.05) is 90.9 Å². The van der Waals surface area contributed by atoms with Crippen molar-refractivity contribution in [2.75, 3.05) is 52.6 Å². The third kappa shape index (κ3) is 18.7. The van der Waals surface area contributed by atoms with Gasteiger partial charge in [0.05, 0.1) is 6.61 Å². The van der Waals surface area contributed by atoms with Gasteiger partial charge in [0.1, 0.15) is 24.4 Å². The lowest BCUT2D eigenvalue weighted by Crippen LogP contribution is -2.66. The Balaban J connectivity index is 2.89. The molecule has 1 saturated heterocycles. The Labute approximate surface area is 263 Å². The van der Waals surface area contributed by atoms with Gasteiger partial charge < -0.3 is 46.2 Å². The van der Waals surface area contributed by atoms with Crippen molar-refractivity contribution in [2.24, 2.45) is 17.4 Å². The molecule has 7 N–H and O–H groups in total. The summed E-state index contributed by atoms with van der Waals surface area (Å²) in [7, 11) is 0. The zero-order valence-electron chi connectivity index (χ0n) is 27.9. The van der Waals surface area contributed by atoms with E-state index in [0.717, 1.165) is 38.6 Å². The molecule has 0 aliphatic carbocycles. The smallest absolute Gasteiger partial charge is 0.217 e. The number of amides is 1. The number of hydrogen-bond acceptors (Lipinski definition) is 9. The van der Waals surface area contributed by atoms with E-state index in [0.29, 0.717) is 26.3 Å². The van der Waals surface area contributed by atoms with Gasteiger partial charge in [0.25, 0.3) is 0 Å². The van der Waals surface area contributed by atoms with Gasteiger partial charge in [-0.3, -0.25) is 4.79 Å². The molecule has 0 bridgehead atoms. The molecule has 43 heavy (non-hydrogen) atoms. The number of ether oxygens (including phenoxy) is 4. The summed E-state index contributed by atoms with van der Waals surface area (Å²) >= 11 is 0. The number of aliphatic hydroxyl groups is 1. The predicted molar refractivity (Wildman–Crippen MR) is 174 cm³/mol. The van der Waals surface area contributed by atoms with Gasteiger partial charge >= 0.3 is 0 Å². The zero-order valence-corrected chi connectivity index (χ0v) is 27.9. The van der Waals surface area contributed by atoms with E-state index < -0.39 is 30.6 Å². The quantitative estimate of drug-likeness (QED) is 0.0786. The van der Waals surface area contributed by atoms with E-state index in [4.69, 9.17) is 30.4 Å². The second-order valence-electron chi connectivity index (χ2n) is 12.1. The van der Waals surface area contributed by atoms with Gasteiger partial charge in [-0.05, 0) is 32.4 Å². The van der Waals surface area contributed by atoms with Crippen LogP contribution in [0, 0.1) is 5.92 Å². The van der Waals surface area contributed by atoms with Gasteiger partial charge in [0.2, 0.25) is 5.91 Å². The molecular weight excluding hydrogens is 548 g/mol. The first-order valence-corrected chi connectivity index (χ1v) is 17.5. The maximum absolute atomic E-state index is 12.4. The fraction of sp³-hybridized carbons (Fsp3) is 0.970. The molecule has 6 unspecified atom stereocenters. The van der Waals surface area contributed by atoms with E-state index in [1.165, 1.54) is 71.1 Å². The summed E-state index contributed by atoms with van der Waals surface area (Å²) in [6.07, 6.45) is 15.5. The zero-order chi connectivity index (χ0) is 31.5. The van der Waals surface area contributed by atoms with Crippen molar-refractivity contribution < 1.29 is 28.8 Å². The molecule has 1 aliphatic rings. The average Bonchev–Trinajstić information content (AvgIpc) is 3.00. The average molecular weight is 617 g/mol. The largest absolute Gasteiger partial charge is 0.396 e. The van der Waals surface area contributed by atoms with Crippen molar-refractivity contribution in [3.63, 3.8) is 0 Å². The Morgan fingerprint density at radius 3 is 1.88 bits per heavy atom. The first-order valence-electron chi connectivity index (χ1n) is 17.5. The maximum atomic E-state index is 12.4. The molecule has 0 saturated carbocycles. The highest BCUT2D eigenvalue weighted by Crippen LogP contribution is 2.28. The summed E-state index contributed by atoms with van der Waals surface area (Å²) in [5, 5.41) is 16.3. The van der Waals surface area contributed by atoms with Crippen LogP contribution in [-0.2, 0) is 23.7 Å². The van der Waals surface area contributed by atoms with Crippen LogP contribution in [0.2, 0.25) is 0 Å². The summed E-state index contributed by atoms with van der Waals surface area (Å²) < 4.78 is 25.5. The molecule has 0 spiro atoms. The minimum absolute atomic E-state index is 0.0319. The SMILES string of the molecule is CCCCCCCCCOC1C(CN)OC(OCC(CO)CNCCCN)C(NC(C)=O)C1OCCCCCCCCC. The van der Waals surface area contributed by atoms with E-state index in [-0.39, 0.29) is 31.6 Å². The van der Waals surface area contributed by atoms with Crippen LogP contribution in [0.4, 0.5) is 0 Å². The Morgan fingerprint density at radius 1 is 0.814 bits per heavy atom. The van der Waals surface area contributed by atoms with Gasteiger partial charge in [0.15, 0.2) is 6.29 Å². The second-order valence-corrected chi connectivity index (χ2v) is 12.1. The highest BCUT2D eigenvalue weighted by atomic mass is 16.7. The molecule has 1 fully saturated rings. The minimum atomic E-state index is -0.770. The van der Waals surface area contributed by atoms with E-state index >= 15 is 0 Å².